The largest absolute Gasteiger partial charge is 0.369 e. The number of benzene rings is 2. The number of aryl methyl sites for hydroxylation is 1. The zero-order valence-corrected chi connectivity index (χ0v) is 15.3. The summed E-state index contributed by atoms with van der Waals surface area (Å²) in [6.07, 6.45) is 0. The molecule has 1 aliphatic rings. The summed E-state index contributed by atoms with van der Waals surface area (Å²) in [5, 5.41) is 21.9. The fraction of sp³-hybridized carbons (Fsp3) is 0.333. The van der Waals surface area contributed by atoms with Gasteiger partial charge in [-0.05, 0) is 49.4 Å². The molecule has 0 saturated carbocycles. The molecule has 3 rings (SSSR count). The molecule has 0 aliphatic carbocycles. The van der Waals surface area contributed by atoms with Crippen molar-refractivity contribution >= 4 is 17.1 Å². The van der Waals surface area contributed by atoms with Crippen molar-refractivity contribution in [3.8, 4) is 12.1 Å². The molecule has 0 spiro atoms. The third-order valence-corrected chi connectivity index (χ3v) is 4.96. The van der Waals surface area contributed by atoms with E-state index in [1.54, 1.807) is 18.2 Å². The molecular weight excluding hydrogens is 322 g/mol. The lowest BCUT2D eigenvalue weighted by Crippen LogP contribution is -2.46. The molecule has 2 aromatic carbocycles. The molecule has 0 aromatic heterocycles. The first-order valence-corrected chi connectivity index (χ1v) is 8.94. The molecule has 26 heavy (non-hydrogen) atoms. The molecule has 0 atom stereocenters. The van der Waals surface area contributed by atoms with Crippen LogP contribution in [0.4, 0.5) is 17.1 Å². The van der Waals surface area contributed by atoms with Crippen LogP contribution >= 0.6 is 0 Å². The lowest BCUT2D eigenvalue weighted by atomic mass is 10.1. The van der Waals surface area contributed by atoms with Gasteiger partial charge in [0.15, 0.2) is 0 Å². The summed E-state index contributed by atoms with van der Waals surface area (Å²) >= 11 is 0. The maximum Gasteiger partial charge on any atom is 0.101 e. The van der Waals surface area contributed by atoms with Crippen molar-refractivity contribution in [1.82, 2.24) is 4.90 Å². The van der Waals surface area contributed by atoms with Gasteiger partial charge in [-0.3, -0.25) is 0 Å². The minimum Gasteiger partial charge on any atom is -0.369 e. The second-order valence-corrected chi connectivity index (χ2v) is 6.50. The van der Waals surface area contributed by atoms with E-state index in [1.807, 2.05) is 6.07 Å². The van der Waals surface area contributed by atoms with E-state index >= 15 is 0 Å². The van der Waals surface area contributed by atoms with Gasteiger partial charge in [-0.15, -0.1) is 0 Å². The van der Waals surface area contributed by atoms with Gasteiger partial charge in [-0.2, -0.15) is 10.5 Å². The van der Waals surface area contributed by atoms with Gasteiger partial charge in [0.05, 0.1) is 16.8 Å². The third-order valence-electron chi connectivity index (χ3n) is 4.96. The Balaban J connectivity index is 1.82. The van der Waals surface area contributed by atoms with Gasteiger partial charge in [0.25, 0.3) is 0 Å². The average Bonchev–Trinajstić information content (AvgIpc) is 2.69. The molecule has 0 amide bonds. The molecule has 1 fully saturated rings. The smallest absolute Gasteiger partial charge is 0.101 e. The number of hydrogen-bond donors (Lipinski definition) is 1. The molecular formula is C21H23N5. The van der Waals surface area contributed by atoms with Crippen molar-refractivity contribution in [3.05, 3.63) is 53.1 Å². The Morgan fingerprint density at radius 3 is 2.19 bits per heavy atom. The molecule has 132 valence electrons. The number of nitriles is 2. The first-order chi connectivity index (χ1) is 12.7. The van der Waals surface area contributed by atoms with Crippen LogP contribution in [0, 0.1) is 29.6 Å². The fourth-order valence-electron chi connectivity index (χ4n) is 3.32. The molecule has 5 nitrogen and oxygen atoms in total. The SMILES string of the molecule is CCN1CCN(c2ccc(Nc3c(C#N)cccc3C#N)c(C)c2)CC1. The lowest BCUT2D eigenvalue weighted by Gasteiger charge is -2.35. The number of rotatable bonds is 4. The standard InChI is InChI=1S/C21H23N5/c1-3-25-9-11-26(12-10-25)19-7-8-20(16(2)13-19)24-21-17(14-22)5-4-6-18(21)15-23/h4-8,13,24H,3,9-12H2,1-2H3. The normalized spacial score (nSPS) is 14.5. The Hall–Kier alpha value is -3.02. The zero-order valence-electron chi connectivity index (χ0n) is 15.3. The van der Waals surface area contributed by atoms with Gasteiger partial charge in [0.1, 0.15) is 12.1 Å². The van der Waals surface area contributed by atoms with E-state index in [4.69, 9.17) is 0 Å². The van der Waals surface area contributed by atoms with Crippen LogP contribution in [0.25, 0.3) is 0 Å². The van der Waals surface area contributed by atoms with Crippen molar-refractivity contribution in [1.29, 1.82) is 10.5 Å². The first kappa shape index (κ1) is 17.8. The van der Waals surface area contributed by atoms with E-state index in [2.05, 4.69) is 53.2 Å². The Morgan fingerprint density at radius 1 is 1.00 bits per heavy atom. The average molecular weight is 345 g/mol. The van der Waals surface area contributed by atoms with Crippen LogP contribution < -0.4 is 10.2 Å². The summed E-state index contributed by atoms with van der Waals surface area (Å²) in [6.45, 7) is 9.62. The van der Waals surface area contributed by atoms with Crippen LogP contribution in [0.2, 0.25) is 0 Å². The number of anilines is 3. The maximum absolute atomic E-state index is 9.33. The van der Waals surface area contributed by atoms with Gasteiger partial charge in [0, 0.05) is 37.6 Å². The van der Waals surface area contributed by atoms with E-state index in [-0.39, 0.29) is 0 Å². The predicted octanol–water partition coefficient (Wildman–Crippen LogP) is 3.62. The molecule has 5 heteroatoms. The summed E-state index contributed by atoms with van der Waals surface area (Å²) in [4.78, 5) is 4.87. The monoisotopic (exact) mass is 345 g/mol. The summed E-state index contributed by atoms with van der Waals surface area (Å²) in [5.41, 5.74) is 4.76. The van der Waals surface area contributed by atoms with Crippen LogP contribution in [0.5, 0.6) is 0 Å². The molecule has 0 bridgehead atoms. The Morgan fingerprint density at radius 2 is 1.65 bits per heavy atom. The summed E-state index contributed by atoms with van der Waals surface area (Å²) in [6, 6.07) is 15.8. The minimum absolute atomic E-state index is 0.475. The number of nitrogens with one attached hydrogen (secondary N) is 1. The number of likely N-dealkylation sites (N-methyl/N-ethyl adjacent to an activating group) is 1. The minimum atomic E-state index is 0.475. The van der Waals surface area contributed by atoms with E-state index < -0.39 is 0 Å². The number of piperazine rings is 1. The Kier molecular flexibility index (Phi) is 5.41. The predicted molar refractivity (Wildman–Crippen MR) is 105 cm³/mol. The van der Waals surface area contributed by atoms with E-state index in [0.29, 0.717) is 16.8 Å². The lowest BCUT2D eigenvalue weighted by molar-refractivity contribution is 0.271. The van der Waals surface area contributed by atoms with Crippen LogP contribution in [-0.2, 0) is 0 Å². The van der Waals surface area contributed by atoms with E-state index in [0.717, 1.165) is 44.0 Å². The highest BCUT2D eigenvalue weighted by Gasteiger charge is 2.17. The van der Waals surface area contributed by atoms with Crippen molar-refractivity contribution in [2.75, 3.05) is 42.9 Å². The molecule has 2 aromatic rings. The molecule has 0 unspecified atom stereocenters. The van der Waals surface area contributed by atoms with Crippen LogP contribution in [0.3, 0.4) is 0 Å². The number of nitrogens with zero attached hydrogens (tertiary/aromatic N) is 4. The van der Waals surface area contributed by atoms with E-state index in [1.165, 1.54) is 5.69 Å². The second-order valence-electron chi connectivity index (χ2n) is 6.50. The van der Waals surface area contributed by atoms with Crippen molar-refractivity contribution < 1.29 is 0 Å². The molecule has 1 saturated heterocycles. The van der Waals surface area contributed by atoms with Gasteiger partial charge < -0.3 is 15.1 Å². The summed E-state index contributed by atoms with van der Waals surface area (Å²) in [7, 11) is 0. The van der Waals surface area contributed by atoms with Crippen molar-refractivity contribution in [2.45, 2.75) is 13.8 Å². The first-order valence-electron chi connectivity index (χ1n) is 8.94. The fourth-order valence-corrected chi connectivity index (χ4v) is 3.32. The summed E-state index contributed by atoms with van der Waals surface area (Å²) < 4.78 is 0. The Labute approximate surface area is 155 Å². The van der Waals surface area contributed by atoms with Crippen LogP contribution in [0.15, 0.2) is 36.4 Å². The topological polar surface area (TPSA) is 66.1 Å². The second kappa shape index (κ2) is 7.91. The van der Waals surface area contributed by atoms with Gasteiger partial charge in [-0.25, -0.2) is 0 Å². The highest BCUT2D eigenvalue weighted by Crippen LogP contribution is 2.29. The van der Waals surface area contributed by atoms with Gasteiger partial charge in [0.2, 0.25) is 0 Å². The highest BCUT2D eigenvalue weighted by molar-refractivity contribution is 5.75. The molecule has 1 aliphatic heterocycles. The highest BCUT2D eigenvalue weighted by atomic mass is 15.3. The third kappa shape index (κ3) is 3.64. The number of para-hydroxylation sites is 1. The number of hydrogen-bond acceptors (Lipinski definition) is 5. The molecule has 1 heterocycles. The van der Waals surface area contributed by atoms with Crippen molar-refractivity contribution in [3.63, 3.8) is 0 Å². The molecule has 0 radical (unpaired) electrons. The van der Waals surface area contributed by atoms with Crippen molar-refractivity contribution in [2.24, 2.45) is 0 Å². The van der Waals surface area contributed by atoms with Crippen LogP contribution in [-0.4, -0.2) is 37.6 Å². The van der Waals surface area contributed by atoms with E-state index in [9.17, 15) is 10.5 Å². The Bertz CT molecular complexity index is 835. The van der Waals surface area contributed by atoms with Gasteiger partial charge >= 0.3 is 0 Å². The van der Waals surface area contributed by atoms with Gasteiger partial charge in [-0.1, -0.05) is 13.0 Å². The quantitative estimate of drug-likeness (QED) is 0.917. The maximum atomic E-state index is 9.33. The molecule has 1 N–H and O–H groups in total. The van der Waals surface area contributed by atoms with Crippen LogP contribution in [0.1, 0.15) is 23.6 Å². The zero-order chi connectivity index (χ0) is 18.5. The summed E-state index contributed by atoms with van der Waals surface area (Å²) in [5.74, 6) is 0.